The molecule has 184 valence electrons. The summed E-state index contributed by atoms with van der Waals surface area (Å²) >= 11 is 18.5. The van der Waals surface area contributed by atoms with Gasteiger partial charge in [0.15, 0.2) is 0 Å². The van der Waals surface area contributed by atoms with Crippen LogP contribution >= 0.6 is 47.2 Å². The van der Waals surface area contributed by atoms with Crippen LogP contribution in [0.2, 0.25) is 15.1 Å². The molecule has 2 amide bonds. The second-order valence-electron chi connectivity index (χ2n) is 8.85. The van der Waals surface area contributed by atoms with Gasteiger partial charge in [-0.05, 0) is 67.8 Å². The molecule has 0 aliphatic carbocycles. The molecular formula is C25H29Cl4N3O2. The largest absolute Gasteiger partial charge is 0.341 e. The van der Waals surface area contributed by atoms with E-state index in [4.69, 9.17) is 34.8 Å². The van der Waals surface area contributed by atoms with Crippen LogP contribution in [-0.2, 0) is 4.79 Å². The Morgan fingerprint density at radius 3 is 2.38 bits per heavy atom. The van der Waals surface area contributed by atoms with Gasteiger partial charge in [0.05, 0.1) is 16.1 Å². The summed E-state index contributed by atoms with van der Waals surface area (Å²) in [6.45, 7) is 2.01. The lowest BCUT2D eigenvalue weighted by molar-refractivity contribution is -0.135. The summed E-state index contributed by atoms with van der Waals surface area (Å²) in [5, 5.41) is 4.90. The number of carbonyl (C=O) groups is 2. The second-order valence-corrected chi connectivity index (χ2v) is 10.1. The maximum absolute atomic E-state index is 13.3. The van der Waals surface area contributed by atoms with Crippen molar-refractivity contribution >= 4 is 59.0 Å². The van der Waals surface area contributed by atoms with E-state index in [1.165, 1.54) is 0 Å². The van der Waals surface area contributed by atoms with E-state index in [9.17, 15) is 9.59 Å². The molecule has 0 unspecified atom stereocenters. The molecule has 4 rings (SSSR count). The molecule has 0 saturated carbocycles. The van der Waals surface area contributed by atoms with Crippen molar-refractivity contribution in [3.63, 3.8) is 0 Å². The fraction of sp³-hybridized carbons (Fsp3) is 0.440. The highest BCUT2D eigenvalue weighted by Crippen LogP contribution is 2.35. The molecule has 9 heteroatoms. The molecule has 2 heterocycles. The van der Waals surface area contributed by atoms with Gasteiger partial charge < -0.3 is 15.1 Å². The summed E-state index contributed by atoms with van der Waals surface area (Å²) in [5.74, 6) is -0.0114. The van der Waals surface area contributed by atoms with Crippen molar-refractivity contribution in [3.8, 4) is 0 Å². The van der Waals surface area contributed by atoms with Gasteiger partial charge in [0.25, 0.3) is 5.91 Å². The number of halogens is 4. The molecule has 2 fully saturated rings. The van der Waals surface area contributed by atoms with Crippen LogP contribution in [0, 0.1) is 0 Å². The van der Waals surface area contributed by atoms with Crippen LogP contribution in [-0.4, -0.2) is 60.4 Å². The molecule has 2 aromatic carbocycles. The van der Waals surface area contributed by atoms with Crippen molar-refractivity contribution in [2.24, 2.45) is 0 Å². The van der Waals surface area contributed by atoms with Gasteiger partial charge in [-0.2, -0.15) is 0 Å². The number of hydrogen-bond donors (Lipinski definition) is 1. The predicted molar refractivity (Wildman–Crippen MR) is 141 cm³/mol. The first-order valence-corrected chi connectivity index (χ1v) is 12.5. The number of hydrogen-bond acceptors (Lipinski definition) is 3. The van der Waals surface area contributed by atoms with E-state index in [0.29, 0.717) is 40.1 Å². The molecule has 1 N–H and O–H groups in total. The molecule has 2 aromatic rings. The van der Waals surface area contributed by atoms with E-state index >= 15 is 0 Å². The summed E-state index contributed by atoms with van der Waals surface area (Å²) in [5.41, 5.74) is 1.55. The fourth-order valence-corrected chi connectivity index (χ4v) is 5.34. The maximum atomic E-state index is 13.3. The zero-order chi connectivity index (χ0) is 23.5. The number of benzene rings is 2. The SMILES string of the molecule is CN(C(=O)c1ccc(Cl)cc1)[C@@H]1CCN(C(=O)[C@@H]2CCCCN2)C[C@H]1c1ccc(Cl)c(Cl)c1.Cl. The van der Waals surface area contributed by atoms with Gasteiger partial charge >= 0.3 is 0 Å². The van der Waals surface area contributed by atoms with Crippen LogP contribution in [0.3, 0.4) is 0 Å². The molecule has 0 aromatic heterocycles. The molecule has 2 aliphatic rings. The van der Waals surface area contributed by atoms with Crippen molar-refractivity contribution in [3.05, 3.63) is 68.7 Å². The Balaban J connectivity index is 0.00000324. The van der Waals surface area contributed by atoms with E-state index in [2.05, 4.69) is 5.32 Å². The van der Waals surface area contributed by atoms with Crippen LogP contribution in [0.25, 0.3) is 0 Å². The number of piperidine rings is 2. The summed E-state index contributed by atoms with van der Waals surface area (Å²) in [6, 6.07) is 12.3. The number of likely N-dealkylation sites (N-methyl/N-ethyl adjacent to an activating group) is 1. The lowest BCUT2D eigenvalue weighted by Crippen LogP contribution is -2.56. The number of carbonyl (C=O) groups excluding carboxylic acids is 2. The van der Waals surface area contributed by atoms with Gasteiger partial charge in [-0.3, -0.25) is 9.59 Å². The Hall–Kier alpha value is -1.50. The van der Waals surface area contributed by atoms with Gasteiger partial charge in [-0.15, -0.1) is 12.4 Å². The first-order chi connectivity index (χ1) is 15.8. The van der Waals surface area contributed by atoms with Crippen molar-refractivity contribution in [1.29, 1.82) is 0 Å². The van der Waals surface area contributed by atoms with Crippen molar-refractivity contribution < 1.29 is 9.59 Å². The first-order valence-electron chi connectivity index (χ1n) is 11.3. The van der Waals surface area contributed by atoms with Crippen molar-refractivity contribution in [2.45, 2.75) is 43.7 Å². The zero-order valence-corrected chi connectivity index (χ0v) is 22.1. The molecule has 5 nitrogen and oxygen atoms in total. The fourth-order valence-electron chi connectivity index (χ4n) is 4.90. The summed E-state index contributed by atoms with van der Waals surface area (Å²) < 4.78 is 0. The molecule has 34 heavy (non-hydrogen) atoms. The third kappa shape index (κ3) is 6.00. The van der Waals surface area contributed by atoms with Crippen molar-refractivity contribution in [2.75, 3.05) is 26.7 Å². The predicted octanol–water partition coefficient (Wildman–Crippen LogP) is 5.67. The molecule has 0 spiro atoms. The minimum Gasteiger partial charge on any atom is -0.341 e. The van der Waals surface area contributed by atoms with Crippen molar-refractivity contribution in [1.82, 2.24) is 15.1 Å². The second kappa shape index (κ2) is 12.0. The van der Waals surface area contributed by atoms with Gasteiger partial charge in [-0.25, -0.2) is 0 Å². The Morgan fingerprint density at radius 2 is 1.74 bits per heavy atom. The minimum atomic E-state index is -0.127. The molecule has 0 bridgehead atoms. The van der Waals surface area contributed by atoms with Gasteiger partial charge in [0.2, 0.25) is 5.91 Å². The monoisotopic (exact) mass is 543 g/mol. The number of likely N-dealkylation sites (tertiary alicyclic amines) is 1. The Morgan fingerprint density at radius 1 is 1.00 bits per heavy atom. The van der Waals surface area contributed by atoms with Crippen LogP contribution in [0.5, 0.6) is 0 Å². The lowest BCUT2D eigenvalue weighted by Gasteiger charge is -2.44. The maximum Gasteiger partial charge on any atom is 0.253 e. The molecular weight excluding hydrogens is 516 g/mol. The van der Waals surface area contributed by atoms with E-state index < -0.39 is 0 Å². The van der Waals surface area contributed by atoms with Gasteiger partial charge in [0, 0.05) is 42.7 Å². The highest BCUT2D eigenvalue weighted by atomic mass is 35.5. The number of rotatable bonds is 4. The summed E-state index contributed by atoms with van der Waals surface area (Å²) in [4.78, 5) is 30.2. The van der Waals surface area contributed by atoms with Gasteiger partial charge in [0.1, 0.15) is 0 Å². The van der Waals surface area contributed by atoms with E-state index in [1.807, 2.05) is 24.1 Å². The topological polar surface area (TPSA) is 52.7 Å². The molecule has 2 saturated heterocycles. The summed E-state index contributed by atoms with van der Waals surface area (Å²) in [6.07, 6.45) is 3.72. The standard InChI is InChI=1S/C25H28Cl3N3O2.ClH/c1-30(24(32)16-5-8-18(26)9-6-16)23-11-13-31(25(33)22-4-2-3-12-29-22)15-19(23)17-7-10-20(27)21(28)14-17;/h5-10,14,19,22-23,29H,2-4,11-13,15H2,1H3;1H/t19-,22-,23+;/m0./s1. The quantitative estimate of drug-likeness (QED) is 0.539. The minimum absolute atomic E-state index is 0. The first kappa shape index (κ1) is 27.1. The third-order valence-electron chi connectivity index (χ3n) is 6.78. The van der Waals surface area contributed by atoms with E-state index in [1.54, 1.807) is 35.2 Å². The molecule has 0 radical (unpaired) electrons. The highest BCUT2D eigenvalue weighted by Gasteiger charge is 2.38. The highest BCUT2D eigenvalue weighted by molar-refractivity contribution is 6.42. The average molecular weight is 545 g/mol. The Bertz CT molecular complexity index is 1010. The Kier molecular flexibility index (Phi) is 9.53. The van der Waals surface area contributed by atoms with E-state index in [0.717, 1.165) is 31.4 Å². The summed E-state index contributed by atoms with van der Waals surface area (Å²) in [7, 11) is 1.83. The molecule has 3 atom stereocenters. The number of amides is 2. The van der Waals surface area contributed by atoms with Crippen LogP contribution in [0.15, 0.2) is 42.5 Å². The third-order valence-corrected chi connectivity index (χ3v) is 7.77. The van der Waals surface area contributed by atoms with Crippen LogP contribution in [0.1, 0.15) is 47.5 Å². The van der Waals surface area contributed by atoms with Crippen LogP contribution < -0.4 is 5.32 Å². The normalized spacial score (nSPS) is 22.6. The van der Waals surface area contributed by atoms with E-state index in [-0.39, 0.29) is 42.2 Å². The molecule has 2 aliphatic heterocycles. The zero-order valence-electron chi connectivity index (χ0n) is 19.0. The Labute approximate surface area is 222 Å². The van der Waals surface area contributed by atoms with Gasteiger partial charge in [-0.1, -0.05) is 47.3 Å². The average Bonchev–Trinajstić information content (AvgIpc) is 2.85. The van der Waals surface area contributed by atoms with Crippen LogP contribution in [0.4, 0.5) is 0 Å². The smallest absolute Gasteiger partial charge is 0.253 e. The number of nitrogens with one attached hydrogen (secondary N) is 1. The number of nitrogens with zero attached hydrogens (tertiary/aromatic N) is 2. The lowest BCUT2D eigenvalue weighted by atomic mass is 9.84.